The lowest BCUT2D eigenvalue weighted by molar-refractivity contribution is -0.149. The summed E-state index contributed by atoms with van der Waals surface area (Å²) in [5, 5.41) is 10.2. The molecule has 1 saturated heterocycles. The second kappa shape index (κ2) is 5.65. The van der Waals surface area contributed by atoms with Crippen molar-refractivity contribution in [2.45, 2.75) is 70.4 Å². The minimum Gasteiger partial charge on any atom is -0.458 e. The van der Waals surface area contributed by atoms with Gasteiger partial charge in [0.05, 0.1) is 30.3 Å². The van der Waals surface area contributed by atoms with Crippen LogP contribution in [0.1, 0.15) is 64.3 Å². The summed E-state index contributed by atoms with van der Waals surface area (Å²) in [4.78, 5) is 24.2. The number of nitrogens with one attached hydrogen (secondary N) is 2. The van der Waals surface area contributed by atoms with Crippen LogP contribution in [-0.4, -0.2) is 27.7 Å². The molecule has 6 heteroatoms. The topological polar surface area (TPSA) is 84.1 Å². The molecule has 2 fully saturated rings. The Bertz CT molecular complexity index is 609. The van der Waals surface area contributed by atoms with E-state index in [1.807, 2.05) is 6.07 Å². The molecule has 0 unspecified atom stereocenters. The lowest BCUT2D eigenvalue weighted by Crippen LogP contribution is -2.42. The lowest BCUT2D eigenvalue weighted by Gasteiger charge is -2.27. The van der Waals surface area contributed by atoms with Gasteiger partial charge in [-0.3, -0.25) is 14.7 Å². The highest BCUT2D eigenvalue weighted by molar-refractivity contribution is 5.87. The van der Waals surface area contributed by atoms with Gasteiger partial charge in [0, 0.05) is 5.41 Å². The van der Waals surface area contributed by atoms with Crippen LogP contribution in [0.2, 0.25) is 0 Å². The summed E-state index contributed by atoms with van der Waals surface area (Å²) in [7, 11) is 0. The zero-order valence-corrected chi connectivity index (χ0v) is 14.1. The second-order valence-corrected chi connectivity index (χ2v) is 7.75. The van der Waals surface area contributed by atoms with Crippen LogP contribution in [0.3, 0.4) is 0 Å². The van der Waals surface area contributed by atoms with Gasteiger partial charge in [0.2, 0.25) is 5.91 Å². The van der Waals surface area contributed by atoms with Crippen molar-refractivity contribution < 1.29 is 14.3 Å². The molecule has 1 atom stereocenters. The van der Waals surface area contributed by atoms with Crippen LogP contribution in [-0.2, 0) is 26.3 Å². The monoisotopic (exact) mass is 319 g/mol. The molecule has 2 N–H and O–H groups in total. The van der Waals surface area contributed by atoms with Crippen molar-refractivity contribution in [1.82, 2.24) is 15.5 Å². The molecule has 1 aliphatic heterocycles. The van der Waals surface area contributed by atoms with E-state index in [4.69, 9.17) is 4.74 Å². The molecule has 2 heterocycles. The van der Waals surface area contributed by atoms with Crippen molar-refractivity contribution in [1.29, 1.82) is 0 Å². The first-order chi connectivity index (χ1) is 10.8. The summed E-state index contributed by atoms with van der Waals surface area (Å²) < 4.78 is 5.52. The molecule has 0 aromatic carbocycles. The molecule has 6 nitrogen and oxygen atoms in total. The van der Waals surface area contributed by atoms with Crippen LogP contribution in [0.15, 0.2) is 6.07 Å². The predicted molar refractivity (Wildman–Crippen MR) is 84.5 cm³/mol. The molecule has 1 saturated carbocycles. The normalized spacial score (nSPS) is 23.3. The third-order valence-electron chi connectivity index (χ3n) is 4.94. The van der Waals surface area contributed by atoms with Crippen molar-refractivity contribution in [2.75, 3.05) is 0 Å². The zero-order chi connectivity index (χ0) is 16.7. The zero-order valence-electron chi connectivity index (χ0n) is 14.1. The third kappa shape index (κ3) is 3.12. The number of amides is 1. The Labute approximate surface area is 136 Å². The predicted octanol–water partition coefficient (Wildman–Crippen LogP) is 2.20. The molecule has 1 aliphatic carbocycles. The van der Waals surface area contributed by atoms with Crippen LogP contribution in [0.25, 0.3) is 0 Å². The fraction of sp³-hybridized carbons (Fsp3) is 0.706. The van der Waals surface area contributed by atoms with Crippen LogP contribution >= 0.6 is 0 Å². The number of H-pyrrole nitrogens is 1. The molecule has 1 spiro atoms. The summed E-state index contributed by atoms with van der Waals surface area (Å²) in [5.41, 5.74) is 1.26. The molecule has 0 radical (unpaired) electrons. The first kappa shape index (κ1) is 16.0. The van der Waals surface area contributed by atoms with Crippen molar-refractivity contribution >= 4 is 11.9 Å². The highest BCUT2D eigenvalue weighted by Gasteiger charge is 2.53. The van der Waals surface area contributed by atoms with Crippen molar-refractivity contribution in [2.24, 2.45) is 5.92 Å². The Morgan fingerprint density at radius 2 is 2.13 bits per heavy atom. The molecule has 0 bridgehead atoms. The number of hydrogen-bond donors (Lipinski definition) is 2. The largest absolute Gasteiger partial charge is 0.458 e. The van der Waals surface area contributed by atoms with Gasteiger partial charge in [0.15, 0.2) is 0 Å². The Morgan fingerprint density at radius 1 is 1.43 bits per heavy atom. The summed E-state index contributed by atoms with van der Waals surface area (Å²) in [6, 6.07) is 1.97. The molecule has 23 heavy (non-hydrogen) atoms. The second-order valence-electron chi connectivity index (χ2n) is 7.75. The lowest BCUT2D eigenvalue weighted by atomic mass is 9.85. The van der Waals surface area contributed by atoms with E-state index in [2.05, 4.69) is 36.3 Å². The maximum absolute atomic E-state index is 12.6. The number of nitrogens with zero attached hydrogens (tertiary/aromatic N) is 1. The first-order valence-electron chi connectivity index (χ1n) is 8.34. The van der Waals surface area contributed by atoms with Gasteiger partial charge >= 0.3 is 5.97 Å². The van der Waals surface area contributed by atoms with Gasteiger partial charge in [-0.1, -0.05) is 20.8 Å². The van der Waals surface area contributed by atoms with Gasteiger partial charge in [-0.05, 0) is 31.7 Å². The number of ether oxygens (including phenoxy) is 1. The van der Waals surface area contributed by atoms with Crippen LogP contribution in [0.4, 0.5) is 0 Å². The molecular formula is C17H25N3O3. The van der Waals surface area contributed by atoms with E-state index in [0.29, 0.717) is 6.54 Å². The smallest absolute Gasteiger partial charge is 0.307 e. The number of carbonyl (C=O) groups excluding carboxylic acids is 2. The van der Waals surface area contributed by atoms with Crippen molar-refractivity contribution in [3.8, 4) is 0 Å². The van der Waals surface area contributed by atoms with E-state index in [-0.39, 0.29) is 29.6 Å². The van der Waals surface area contributed by atoms with Gasteiger partial charge in [-0.25, -0.2) is 0 Å². The van der Waals surface area contributed by atoms with Gasteiger partial charge in [-0.2, -0.15) is 5.10 Å². The van der Waals surface area contributed by atoms with Crippen molar-refractivity contribution in [3.05, 3.63) is 17.5 Å². The Balaban J connectivity index is 1.63. The molecule has 1 amide bonds. The van der Waals surface area contributed by atoms with Gasteiger partial charge in [-0.15, -0.1) is 0 Å². The fourth-order valence-corrected chi connectivity index (χ4v) is 3.59. The SMILES string of the molecule is CC(C)(C)c1cc(CNC(=O)[C@@H]2CC(=O)OC23CCCC3)[nH]n1. The minimum absolute atomic E-state index is 0.0294. The number of aromatic nitrogens is 2. The number of carbonyl (C=O) groups is 2. The summed E-state index contributed by atoms with van der Waals surface area (Å²) in [6.45, 7) is 6.67. The van der Waals surface area contributed by atoms with Crippen LogP contribution in [0.5, 0.6) is 0 Å². The van der Waals surface area contributed by atoms with Gasteiger partial charge in [0.1, 0.15) is 5.60 Å². The molecule has 3 rings (SSSR count). The van der Waals surface area contributed by atoms with E-state index in [0.717, 1.165) is 37.1 Å². The molecule has 126 valence electrons. The Hall–Kier alpha value is -1.85. The molecule has 1 aromatic rings. The average molecular weight is 319 g/mol. The molecular weight excluding hydrogens is 294 g/mol. The summed E-state index contributed by atoms with van der Waals surface area (Å²) >= 11 is 0. The van der Waals surface area contributed by atoms with Crippen LogP contribution in [0, 0.1) is 5.92 Å². The van der Waals surface area contributed by atoms with Crippen molar-refractivity contribution in [3.63, 3.8) is 0 Å². The molecule has 1 aromatic heterocycles. The first-order valence-corrected chi connectivity index (χ1v) is 8.34. The third-order valence-corrected chi connectivity index (χ3v) is 4.94. The van der Waals surface area contributed by atoms with Crippen LogP contribution < -0.4 is 5.32 Å². The highest BCUT2D eigenvalue weighted by atomic mass is 16.6. The Kier molecular flexibility index (Phi) is 3.94. The Morgan fingerprint density at radius 3 is 2.74 bits per heavy atom. The number of aromatic amines is 1. The number of rotatable bonds is 3. The number of hydrogen-bond acceptors (Lipinski definition) is 4. The quantitative estimate of drug-likeness (QED) is 0.837. The standard InChI is InChI=1S/C17H25N3O3/c1-16(2,3)13-8-11(19-20-13)10-18-15(22)12-9-14(21)23-17(12)6-4-5-7-17/h8,12H,4-7,9-10H2,1-3H3,(H,18,22)(H,19,20)/t12-/m0/s1. The van der Waals surface area contributed by atoms with E-state index in [9.17, 15) is 9.59 Å². The average Bonchev–Trinajstić information content (AvgIpc) is 3.17. The maximum atomic E-state index is 12.6. The highest BCUT2D eigenvalue weighted by Crippen LogP contribution is 2.45. The molecule has 2 aliphatic rings. The van der Waals surface area contributed by atoms with E-state index in [1.54, 1.807) is 0 Å². The maximum Gasteiger partial charge on any atom is 0.307 e. The van der Waals surface area contributed by atoms with E-state index < -0.39 is 5.60 Å². The van der Waals surface area contributed by atoms with E-state index in [1.165, 1.54) is 0 Å². The fourth-order valence-electron chi connectivity index (χ4n) is 3.59. The minimum atomic E-state index is -0.550. The van der Waals surface area contributed by atoms with Gasteiger partial charge < -0.3 is 10.1 Å². The summed E-state index contributed by atoms with van der Waals surface area (Å²) in [6.07, 6.45) is 3.84. The van der Waals surface area contributed by atoms with E-state index >= 15 is 0 Å². The number of esters is 1. The summed E-state index contributed by atoms with van der Waals surface area (Å²) in [5.74, 6) is -0.698. The van der Waals surface area contributed by atoms with Gasteiger partial charge in [0.25, 0.3) is 0 Å².